The van der Waals surface area contributed by atoms with Crippen molar-refractivity contribution >= 4 is 17.4 Å². The molecule has 33 heavy (non-hydrogen) atoms. The third-order valence-corrected chi connectivity index (χ3v) is 5.76. The molecule has 2 aliphatic heterocycles. The number of rotatable bonds is 6. The first-order chi connectivity index (χ1) is 16.0. The quantitative estimate of drug-likeness (QED) is 0.350. The number of nitrogens with zero attached hydrogens (tertiary/aromatic N) is 3. The molecule has 1 amide bonds. The van der Waals surface area contributed by atoms with Crippen molar-refractivity contribution in [2.24, 2.45) is 0 Å². The first-order valence-corrected chi connectivity index (χ1v) is 10.7. The second kappa shape index (κ2) is 8.50. The van der Waals surface area contributed by atoms with Gasteiger partial charge in [-0.3, -0.25) is 9.59 Å². The number of aromatic nitrogens is 2. The Morgan fingerprint density at radius 3 is 2.67 bits per heavy atom. The van der Waals surface area contributed by atoms with Gasteiger partial charge in [0, 0.05) is 31.0 Å². The third-order valence-electron chi connectivity index (χ3n) is 5.76. The molecule has 1 saturated heterocycles. The van der Waals surface area contributed by atoms with E-state index in [1.807, 2.05) is 10.8 Å². The molecule has 0 aliphatic carbocycles. The zero-order valence-electron chi connectivity index (χ0n) is 18.1. The number of imidazole rings is 1. The molecule has 1 aromatic carbocycles. The Hall–Kier alpha value is -4.01. The number of carbonyl (C=O) groups is 2. The summed E-state index contributed by atoms with van der Waals surface area (Å²) in [6.45, 7) is 3.57. The maximum Gasteiger partial charge on any atom is 0.295 e. The summed E-state index contributed by atoms with van der Waals surface area (Å²) in [6.07, 6.45) is 5.82. The van der Waals surface area contributed by atoms with E-state index in [-0.39, 0.29) is 11.3 Å². The minimum absolute atomic E-state index is 0.00587. The van der Waals surface area contributed by atoms with Crippen LogP contribution in [-0.2, 0) is 16.1 Å². The van der Waals surface area contributed by atoms with Gasteiger partial charge in [-0.2, -0.15) is 0 Å². The first kappa shape index (κ1) is 20.9. The van der Waals surface area contributed by atoms with Crippen LogP contribution in [0, 0.1) is 6.92 Å². The Labute approximate surface area is 189 Å². The molecule has 2 aliphatic rings. The fraction of sp³-hybridized carbons (Fsp3) is 0.292. The monoisotopic (exact) mass is 449 g/mol. The number of fused-ring (bicyclic) bond motifs is 1. The van der Waals surface area contributed by atoms with Crippen molar-refractivity contribution in [3.05, 3.63) is 71.7 Å². The lowest BCUT2D eigenvalue weighted by Crippen LogP contribution is -2.31. The molecule has 3 aromatic rings. The maximum absolute atomic E-state index is 13.1. The zero-order valence-corrected chi connectivity index (χ0v) is 18.1. The Morgan fingerprint density at radius 2 is 1.94 bits per heavy atom. The van der Waals surface area contributed by atoms with Crippen LogP contribution in [0.25, 0.3) is 5.76 Å². The van der Waals surface area contributed by atoms with E-state index in [2.05, 4.69) is 4.98 Å². The summed E-state index contributed by atoms with van der Waals surface area (Å²) in [5.41, 5.74) is 0.359. The van der Waals surface area contributed by atoms with Crippen LogP contribution in [0.15, 0.2) is 59.0 Å². The van der Waals surface area contributed by atoms with E-state index < -0.39 is 17.7 Å². The van der Waals surface area contributed by atoms with Crippen molar-refractivity contribution in [1.29, 1.82) is 0 Å². The number of Topliss-reactive ketones (excluding diaryl/α,β-unsaturated/α-hetero) is 1. The molecule has 5 rings (SSSR count). The lowest BCUT2D eigenvalue weighted by Gasteiger charge is -2.23. The molecule has 2 aromatic heterocycles. The predicted octanol–water partition coefficient (Wildman–Crippen LogP) is 3.07. The Balaban J connectivity index is 1.51. The fourth-order valence-electron chi connectivity index (χ4n) is 4.20. The molecule has 1 atom stereocenters. The Bertz CT molecular complexity index is 1230. The van der Waals surface area contributed by atoms with Crippen LogP contribution < -0.4 is 9.47 Å². The van der Waals surface area contributed by atoms with Gasteiger partial charge in [0.25, 0.3) is 11.7 Å². The third kappa shape index (κ3) is 3.86. The average molecular weight is 449 g/mol. The fourth-order valence-corrected chi connectivity index (χ4v) is 4.20. The molecular formula is C24H23N3O6. The number of hydrogen-bond donors (Lipinski definition) is 1. The van der Waals surface area contributed by atoms with E-state index in [9.17, 15) is 14.7 Å². The lowest BCUT2D eigenvalue weighted by atomic mass is 9.99. The highest BCUT2D eigenvalue weighted by atomic mass is 16.6. The maximum atomic E-state index is 13.1. The normalized spacial score (nSPS) is 19.3. The molecule has 4 heterocycles. The van der Waals surface area contributed by atoms with E-state index in [4.69, 9.17) is 13.9 Å². The minimum atomic E-state index is -0.824. The molecule has 9 nitrogen and oxygen atoms in total. The van der Waals surface area contributed by atoms with Crippen molar-refractivity contribution in [1.82, 2.24) is 14.5 Å². The van der Waals surface area contributed by atoms with Crippen LogP contribution in [0.5, 0.6) is 11.5 Å². The number of ether oxygens (including phenoxy) is 2. The van der Waals surface area contributed by atoms with Gasteiger partial charge in [-0.1, -0.05) is 0 Å². The molecular weight excluding hydrogens is 426 g/mol. The summed E-state index contributed by atoms with van der Waals surface area (Å²) in [5.74, 6) is 0.423. The number of aryl methyl sites for hydroxylation is 2. The van der Waals surface area contributed by atoms with E-state index in [0.717, 1.165) is 0 Å². The number of furan rings is 1. The summed E-state index contributed by atoms with van der Waals surface area (Å²) >= 11 is 0. The summed E-state index contributed by atoms with van der Waals surface area (Å²) < 4.78 is 18.8. The largest absolute Gasteiger partial charge is 0.507 e. The van der Waals surface area contributed by atoms with Crippen molar-refractivity contribution in [2.45, 2.75) is 25.9 Å². The van der Waals surface area contributed by atoms with Crippen LogP contribution in [0.4, 0.5) is 0 Å². The van der Waals surface area contributed by atoms with Gasteiger partial charge in [0.1, 0.15) is 36.5 Å². The van der Waals surface area contributed by atoms with Crippen molar-refractivity contribution in [3.8, 4) is 11.5 Å². The van der Waals surface area contributed by atoms with E-state index >= 15 is 0 Å². The van der Waals surface area contributed by atoms with Gasteiger partial charge < -0.3 is 28.5 Å². The van der Waals surface area contributed by atoms with Crippen molar-refractivity contribution in [2.75, 3.05) is 19.8 Å². The summed E-state index contributed by atoms with van der Waals surface area (Å²) in [5, 5.41) is 11.2. The van der Waals surface area contributed by atoms with Gasteiger partial charge >= 0.3 is 0 Å². The number of benzene rings is 1. The highest BCUT2D eigenvalue weighted by molar-refractivity contribution is 6.46. The van der Waals surface area contributed by atoms with E-state index in [1.165, 1.54) is 4.90 Å². The molecule has 0 radical (unpaired) electrons. The van der Waals surface area contributed by atoms with Crippen LogP contribution in [-0.4, -0.2) is 51.0 Å². The van der Waals surface area contributed by atoms with Gasteiger partial charge in [0.05, 0.1) is 11.9 Å². The molecule has 1 fully saturated rings. The van der Waals surface area contributed by atoms with Crippen molar-refractivity contribution in [3.63, 3.8) is 0 Å². The van der Waals surface area contributed by atoms with E-state index in [0.29, 0.717) is 61.3 Å². The van der Waals surface area contributed by atoms with Crippen molar-refractivity contribution < 1.29 is 28.6 Å². The number of carbonyl (C=O) groups excluding carboxylic acids is 2. The second-order valence-corrected chi connectivity index (χ2v) is 7.95. The average Bonchev–Trinajstić information content (AvgIpc) is 3.55. The second-order valence-electron chi connectivity index (χ2n) is 7.95. The van der Waals surface area contributed by atoms with Crippen LogP contribution in [0.2, 0.25) is 0 Å². The predicted molar refractivity (Wildman–Crippen MR) is 117 cm³/mol. The number of aliphatic hydroxyl groups excluding tert-OH is 1. The standard InChI is InChI=1S/C24H23N3O6/c1-15-3-5-18(33-15)21-20(22(28)16-4-6-17-19(13-16)32-12-11-31-17)23(29)24(30)27(21)9-2-8-26-10-7-25-14-26/h3-7,10,13-14,21,28H,2,8-9,11-12H2,1H3/b22-20-. The van der Waals surface area contributed by atoms with Gasteiger partial charge in [-0.15, -0.1) is 0 Å². The smallest absolute Gasteiger partial charge is 0.295 e. The minimum Gasteiger partial charge on any atom is -0.507 e. The summed E-state index contributed by atoms with van der Waals surface area (Å²) in [4.78, 5) is 31.5. The van der Waals surface area contributed by atoms with Crippen LogP contribution in [0.3, 0.4) is 0 Å². The van der Waals surface area contributed by atoms with Gasteiger partial charge in [-0.05, 0) is 43.7 Å². The molecule has 0 saturated carbocycles. The van der Waals surface area contributed by atoms with Gasteiger partial charge in [0.15, 0.2) is 11.5 Å². The molecule has 9 heteroatoms. The zero-order chi connectivity index (χ0) is 22.9. The molecule has 1 N–H and O–H groups in total. The summed E-state index contributed by atoms with van der Waals surface area (Å²) in [6, 6.07) is 7.60. The molecule has 1 unspecified atom stereocenters. The Morgan fingerprint density at radius 1 is 1.12 bits per heavy atom. The Kier molecular flexibility index (Phi) is 5.37. The van der Waals surface area contributed by atoms with Crippen LogP contribution in [0.1, 0.15) is 29.5 Å². The number of ketones is 1. The van der Waals surface area contributed by atoms with E-state index in [1.54, 1.807) is 49.8 Å². The number of likely N-dealkylation sites (tertiary alicyclic amines) is 1. The topological polar surface area (TPSA) is 107 Å². The highest BCUT2D eigenvalue weighted by Crippen LogP contribution is 2.41. The number of aliphatic hydroxyl groups is 1. The molecule has 170 valence electrons. The number of amides is 1. The van der Waals surface area contributed by atoms with Crippen LogP contribution >= 0.6 is 0 Å². The SMILES string of the molecule is Cc1ccc(C2/C(=C(/O)c3ccc4c(c3)OCCO4)C(=O)C(=O)N2CCCn2ccnc2)o1. The number of hydrogen-bond acceptors (Lipinski definition) is 7. The van der Waals surface area contributed by atoms with Gasteiger partial charge in [0.2, 0.25) is 0 Å². The molecule has 0 spiro atoms. The lowest BCUT2D eigenvalue weighted by molar-refractivity contribution is -0.140. The highest BCUT2D eigenvalue weighted by Gasteiger charge is 2.47. The first-order valence-electron chi connectivity index (χ1n) is 10.7. The summed E-state index contributed by atoms with van der Waals surface area (Å²) in [7, 11) is 0. The van der Waals surface area contributed by atoms with Gasteiger partial charge in [-0.25, -0.2) is 4.98 Å². The molecule has 0 bridgehead atoms.